The Labute approximate surface area is 160 Å². The molecule has 0 spiro atoms. The first-order chi connectivity index (χ1) is 13.1. The fraction of sp³-hybridized carbons (Fsp3) is 0.318. The average molecular weight is 362 g/mol. The van der Waals surface area contributed by atoms with Gasteiger partial charge in [0.1, 0.15) is 18.2 Å². The summed E-state index contributed by atoms with van der Waals surface area (Å²) >= 11 is 0. The highest BCUT2D eigenvalue weighted by Gasteiger charge is 2.15. The number of likely N-dealkylation sites (N-methyl/N-ethyl adjacent to an activating group) is 1. The number of hydrogen-bond acceptors (Lipinski definition) is 4. The van der Waals surface area contributed by atoms with Gasteiger partial charge >= 0.3 is 0 Å². The molecule has 0 aliphatic carbocycles. The van der Waals surface area contributed by atoms with Crippen LogP contribution in [0.3, 0.4) is 0 Å². The number of benzene rings is 2. The van der Waals surface area contributed by atoms with Gasteiger partial charge in [0.05, 0.1) is 0 Å². The maximum absolute atomic E-state index is 6.04. The van der Waals surface area contributed by atoms with Gasteiger partial charge in [0.15, 0.2) is 0 Å². The topological polar surface area (TPSA) is 33.0 Å². The van der Waals surface area contributed by atoms with E-state index in [-0.39, 0.29) is 0 Å². The lowest BCUT2D eigenvalue weighted by Crippen LogP contribution is -2.45. The normalized spacial score (nSPS) is 15.9. The quantitative estimate of drug-likeness (QED) is 0.648. The average Bonchev–Trinajstić information content (AvgIpc) is 3.07. The molecule has 2 heterocycles. The summed E-state index contributed by atoms with van der Waals surface area (Å²) in [5.41, 5.74) is 4.31. The van der Waals surface area contributed by atoms with E-state index in [1.165, 1.54) is 16.5 Å². The number of nitrogens with zero attached hydrogens (tertiary/aromatic N) is 4. The van der Waals surface area contributed by atoms with Crippen LogP contribution in [0.15, 0.2) is 53.7 Å². The number of piperazine rings is 1. The summed E-state index contributed by atoms with van der Waals surface area (Å²) in [5, 5.41) is 1.23. The Kier molecular flexibility index (Phi) is 4.97. The minimum Gasteiger partial charge on any atom is -0.476 e. The van der Waals surface area contributed by atoms with E-state index in [1.54, 1.807) is 0 Å². The molecular weight excluding hydrogens is 336 g/mol. The fourth-order valence-corrected chi connectivity index (χ4v) is 3.54. The van der Waals surface area contributed by atoms with Crippen molar-refractivity contribution >= 4 is 23.3 Å². The minimum atomic E-state index is 0.589. The van der Waals surface area contributed by atoms with E-state index in [4.69, 9.17) is 4.74 Å². The number of aliphatic imine (C=N–C) groups is 1. The van der Waals surface area contributed by atoms with E-state index >= 15 is 0 Å². The summed E-state index contributed by atoms with van der Waals surface area (Å²) in [7, 11) is 4.22. The van der Waals surface area contributed by atoms with Gasteiger partial charge in [-0.1, -0.05) is 12.1 Å². The van der Waals surface area contributed by atoms with Crippen LogP contribution in [0.4, 0.5) is 5.69 Å². The summed E-state index contributed by atoms with van der Waals surface area (Å²) in [6.07, 6.45) is 2.08. The van der Waals surface area contributed by atoms with Gasteiger partial charge in [-0.2, -0.15) is 0 Å². The zero-order valence-electron chi connectivity index (χ0n) is 16.1. The molecule has 27 heavy (non-hydrogen) atoms. The summed E-state index contributed by atoms with van der Waals surface area (Å²) in [6, 6.07) is 14.8. The summed E-state index contributed by atoms with van der Waals surface area (Å²) in [6.45, 7) is 8.54. The highest BCUT2D eigenvalue weighted by molar-refractivity contribution is 5.86. The van der Waals surface area contributed by atoms with E-state index in [1.807, 2.05) is 6.07 Å². The van der Waals surface area contributed by atoms with Crippen LogP contribution in [0.5, 0.6) is 5.75 Å². The third-order valence-electron chi connectivity index (χ3n) is 5.35. The number of rotatable bonds is 5. The van der Waals surface area contributed by atoms with E-state index in [0.717, 1.165) is 43.2 Å². The molecule has 0 radical (unpaired) electrons. The van der Waals surface area contributed by atoms with Gasteiger partial charge in [0, 0.05) is 50.3 Å². The van der Waals surface area contributed by atoms with Crippen molar-refractivity contribution in [1.29, 1.82) is 0 Å². The van der Waals surface area contributed by atoms with E-state index in [2.05, 4.69) is 82.8 Å². The Morgan fingerprint density at radius 3 is 2.48 bits per heavy atom. The standard InChI is InChI=1S/C22H26N4O/c1-23-20-15-18(17-4-6-21-19(14-17)8-9-25(21)3)5-7-22(20)27-16-26-12-10-24(2)11-13-26/h4-9,14-15H,1,10-13,16H2,2-3H3. The number of fused-ring (bicyclic) bond motifs is 1. The van der Waals surface area contributed by atoms with Crippen LogP contribution in [0.2, 0.25) is 0 Å². The van der Waals surface area contributed by atoms with Gasteiger partial charge in [-0.15, -0.1) is 0 Å². The second-order valence-corrected chi connectivity index (χ2v) is 7.24. The van der Waals surface area contributed by atoms with Gasteiger partial charge < -0.3 is 14.2 Å². The molecule has 0 bridgehead atoms. The van der Waals surface area contributed by atoms with Crippen molar-refractivity contribution in [1.82, 2.24) is 14.4 Å². The van der Waals surface area contributed by atoms with Gasteiger partial charge in [-0.25, -0.2) is 0 Å². The van der Waals surface area contributed by atoms with Gasteiger partial charge in [-0.05, 0) is 55.2 Å². The predicted molar refractivity (Wildman–Crippen MR) is 112 cm³/mol. The van der Waals surface area contributed by atoms with Crippen LogP contribution in [0, 0.1) is 0 Å². The molecule has 4 rings (SSSR count). The monoisotopic (exact) mass is 362 g/mol. The molecular formula is C22H26N4O. The third-order valence-corrected chi connectivity index (χ3v) is 5.35. The lowest BCUT2D eigenvalue weighted by molar-refractivity contribution is 0.0766. The van der Waals surface area contributed by atoms with Crippen molar-refractivity contribution in [3.05, 3.63) is 48.7 Å². The largest absolute Gasteiger partial charge is 0.476 e. The Morgan fingerprint density at radius 1 is 0.963 bits per heavy atom. The molecule has 3 aromatic rings. The molecule has 1 fully saturated rings. The first kappa shape index (κ1) is 17.8. The molecule has 1 aliphatic heterocycles. The van der Waals surface area contributed by atoms with E-state index in [9.17, 15) is 0 Å². The summed E-state index contributed by atoms with van der Waals surface area (Å²) in [4.78, 5) is 8.86. The fourth-order valence-electron chi connectivity index (χ4n) is 3.54. The Hall–Kier alpha value is -2.63. The predicted octanol–water partition coefficient (Wildman–Crippen LogP) is 3.76. The number of aromatic nitrogens is 1. The summed E-state index contributed by atoms with van der Waals surface area (Å²) in [5.74, 6) is 0.786. The molecule has 5 heteroatoms. The van der Waals surface area contributed by atoms with Crippen molar-refractivity contribution in [2.75, 3.05) is 40.0 Å². The van der Waals surface area contributed by atoms with E-state index in [0.29, 0.717) is 6.73 Å². The van der Waals surface area contributed by atoms with Crippen molar-refractivity contribution in [3.63, 3.8) is 0 Å². The molecule has 0 N–H and O–H groups in total. The maximum Gasteiger partial charge on any atom is 0.146 e. The highest BCUT2D eigenvalue weighted by Crippen LogP contribution is 2.34. The van der Waals surface area contributed by atoms with Crippen LogP contribution in [0.25, 0.3) is 22.0 Å². The lowest BCUT2D eigenvalue weighted by Gasteiger charge is -2.32. The Balaban J connectivity index is 1.52. The molecule has 0 amide bonds. The maximum atomic E-state index is 6.04. The number of aryl methyl sites for hydroxylation is 1. The van der Waals surface area contributed by atoms with E-state index < -0.39 is 0 Å². The highest BCUT2D eigenvalue weighted by atomic mass is 16.5. The molecule has 0 unspecified atom stereocenters. The molecule has 1 aromatic heterocycles. The van der Waals surface area contributed by atoms with Crippen LogP contribution >= 0.6 is 0 Å². The summed E-state index contributed by atoms with van der Waals surface area (Å²) < 4.78 is 8.17. The van der Waals surface area contributed by atoms with Gasteiger partial charge in [0.2, 0.25) is 0 Å². The minimum absolute atomic E-state index is 0.589. The van der Waals surface area contributed by atoms with Gasteiger partial charge in [0.25, 0.3) is 0 Å². The second kappa shape index (κ2) is 7.55. The number of hydrogen-bond donors (Lipinski definition) is 0. The SMILES string of the molecule is C=Nc1cc(-c2ccc3c(ccn3C)c2)ccc1OCN1CCN(C)CC1. The van der Waals surface area contributed by atoms with Crippen LogP contribution in [0.1, 0.15) is 0 Å². The van der Waals surface area contributed by atoms with Crippen molar-refractivity contribution < 1.29 is 4.74 Å². The van der Waals surface area contributed by atoms with Crippen molar-refractivity contribution in [3.8, 4) is 16.9 Å². The van der Waals surface area contributed by atoms with Crippen LogP contribution in [-0.2, 0) is 7.05 Å². The third kappa shape index (κ3) is 3.75. The molecule has 140 valence electrons. The van der Waals surface area contributed by atoms with Crippen LogP contribution < -0.4 is 4.74 Å². The van der Waals surface area contributed by atoms with Crippen LogP contribution in [-0.4, -0.2) is 61.0 Å². The van der Waals surface area contributed by atoms with Gasteiger partial charge in [-0.3, -0.25) is 9.89 Å². The Morgan fingerprint density at radius 2 is 1.70 bits per heavy atom. The Bertz CT molecular complexity index is 954. The molecule has 5 nitrogen and oxygen atoms in total. The zero-order chi connectivity index (χ0) is 18.8. The smallest absolute Gasteiger partial charge is 0.146 e. The first-order valence-electron chi connectivity index (χ1n) is 9.34. The molecule has 1 aliphatic rings. The molecule has 0 atom stereocenters. The first-order valence-corrected chi connectivity index (χ1v) is 9.34. The molecule has 1 saturated heterocycles. The second-order valence-electron chi connectivity index (χ2n) is 7.24. The molecule has 2 aromatic carbocycles. The van der Waals surface area contributed by atoms with Crippen molar-refractivity contribution in [2.24, 2.45) is 12.0 Å². The molecule has 0 saturated carbocycles. The zero-order valence-corrected chi connectivity index (χ0v) is 16.1. The lowest BCUT2D eigenvalue weighted by atomic mass is 10.0. The number of ether oxygens (including phenoxy) is 1. The van der Waals surface area contributed by atoms with Crippen molar-refractivity contribution in [2.45, 2.75) is 0 Å².